The largest absolute Gasteiger partial charge is 0.453 e. The predicted octanol–water partition coefficient (Wildman–Crippen LogP) is 3.53. The van der Waals surface area contributed by atoms with Crippen molar-refractivity contribution >= 4 is 22.0 Å². The molecule has 1 fully saturated rings. The van der Waals surface area contributed by atoms with Crippen LogP contribution in [0.5, 0.6) is 0 Å². The highest BCUT2D eigenvalue weighted by Gasteiger charge is 2.27. The van der Waals surface area contributed by atoms with Gasteiger partial charge in [0.1, 0.15) is 11.4 Å². The van der Waals surface area contributed by atoms with Crippen LogP contribution in [0.2, 0.25) is 0 Å². The maximum atomic E-state index is 12.1. The van der Waals surface area contributed by atoms with E-state index >= 15 is 0 Å². The van der Waals surface area contributed by atoms with Gasteiger partial charge in [-0.25, -0.2) is 4.79 Å². The molecule has 118 valence electrons. The van der Waals surface area contributed by atoms with Crippen LogP contribution < -0.4 is 5.32 Å². The Balaban J connectivity index is 1.81. The quantitative estimate of drug-likeness (QED) is 0.897. The summed E-state index contributed by atoms with van der Waals surface area (Å²) in [5.74, 6) is 0.885. The fraction of sp³-hybridized carbons (Fsp3) is 0.667. The van der Waals surface area contributed by atoms with Gasteiger partial charge in [-0.1, -0.05) is 0 Å². The number of amides is 1. The first-order valence-corrected chi connectivity index (χ1v) is 8.08. The number of hydrogen-bond acceptors (Lipinski definition) is 4. The molecule has 1 saturated heterocycles. The first kappa shape index (κ1) is 16.4. The Morgan fingerprint density at radius 2 is 2.29 bits per heavy atom. The number of nitrogens with one attached hydrogen (secondary N) is 1. The van der Waals surface area contributed by atoms with Gasteiger partial charge < -0.3 is 19.4 Å². The van der Waals surface area contributed by atoms with Crippen LogP contribution in [-0.2, 0) is 11.3 Å². The molecule has 1 aromatic rings. The summed E-state index contributed by atoms with van der Waals surface area (Å²) in [6.45, 7) is 7.77. The van der Waals surface area contributed by atoms with Crippen molar-refractivity contribution < 1.29 is 13.9 Å². The molecule has 2 rings (SSSR count). The monoisotopic (exact) mass is 358 g/mol. The molecule has 2 heterocycles. The zero-order chi connectivity index (χ0) is 15.5. The van der Waals surface area contributed by atoms with Crippen molar-refractivity contribution in [2.24, 2.45) is 0 Å². The Kier molecular flexibility index (Phi) is 5.32. The summed E-state index contributed by atoms with van der Waals surface area (Å²) in [6, 6.07) is 4.09. The van der Waals surface area contributed by atoms with Crippen molar-refractivity contribution in [3.8, 4) is 0 Å². The molecule has 6 heteroatoms. The summed E-state index contributed by atoms with van der Waals surface area (Å²) in [5.41, 5.74) is -0.447. The molecule has 1 aromatic heterocycles. The summed E-state index contributed by atoms with van der Waals surface area (Å²) in [4.78, 5) is 13.9. The fourth-order valence-electron chi connectivity index (χ4n) is 2.33. The lowest BCUT2D eigenvalue weighted by Gasteiger charge is -2.34. The third kappa shape index (κ3) is 5.36. The van der Waals surface area contributed by atoms with E-state index in [0.29, 0.717) is 13.1 Å². The lowest BCUT2D eigenvalue weighted by Crippen LogP contribution is -2.49. The molecule has 0 aliphatic carbocycles. The summed E-state index contributed by atoms with van der Waals surface area (Å²) >= 11 is 3.29. The predicted molar refractivity (Wildman–Crippen MR) is 84.1 cm³/mol. The van der Waals surface area contributed by atoms with Crippen molar-refractivity contribution in [1.29, 1.82) is 0 Å². The minimum absolute atomic E-state index is 0.227. The van der Waals surface area contributed by atoms with Gasteiger partial charge in [-0.15, -0.1) is 0 Å². The maximum Gasteiger partial charge on any atom is 0.410 e. The molecule has 0 saturated carbocycles. The lowest BCUT2D eigenvalue weighted by atomic mass is 10.1. The molecule has 0 aromatic carbocycles. The standard InChI is InChI=1S/C15H23BrN2O3/c1-15(2,3)21-14(19)18-8-4-5-11(10-18)17-9-12-6-7-13(16)20-12/h6-7,11,17H,4-5,8-10H2,1-3H3. The van der Waals surface area contributed by atoms with Crippen molar-refractivity contribution in [3.05, 3.63) is 22.6 Å². The molecule has 0 bridgehead atoms. The number of carbonyl (C=O) groups is 1. The second-order valence-corrected chi connectivity index (χ2v) is 7.13. The summed E-state index contributed by atoms with van der Waals surface area (Å²) in [5, 5.41) is 3.43. The Bertz CT molecular complexity index is 482. The number of furan rings is 1. The molecule has 1 N–H and O–H groups in total. The van der Waals surface area contributed by atoms with Crippen LogP contribution in [0.3, 0.4) is 0 Å². The zero-order valence-corrected chi connectivity index (χ0v) is 14.4. The topological polar surface area (TPSA) is 54.7 Å². The molecule has 0 spiro atoms. The van der Waals surface area contributed by atoms with E-state index in [4.69, 9.17) is 9.15 Å². The molecule has 1 atom stereocenters. The van der Waals surface area contributed by atoms with E-state index in [1.165, 1.54) is 0 Å². The first-order chi connectivity index (χ1) is 9.83. The van der Waals surface area contributed by atoms with E-state index in [1.54, 1.807) is 4.90 Å². The Hall–Kier alpha value is -1.01. The molecular formula is C15H23BrN2O3. The number of hydrogen-bond donors (Lipinski definition) is 1. The summed E-state index contributed by atoms with van der Waals surface area (Å²) in [6.07, 6.45) is 1.81. The molecule has 1 aliphatic rings. The third-order valence-corrected chi connectivity index (χ3v) is 3.69. The fourth-order valence-corrected chi connectivity index (χ4v) is 2.67. The Labute approximate surface area is 134 Å². The van der Waals surface area contributed by atoms with Gasteiger partial charge in [0.05, 0.1) is 6.54 Å². The van der Waals surface area contributed by atoms with Crippen molar-refractivity contribution in [3.63, 3.8) is 0 Å². The van der Waals surface area contributed by atoms with Crippen molar-refractivity contribution in [1.82, 2.24) is 10.2 Å². The van der Waals surface area contributed by atoms with E-state index in [1.807, 2.05) is 32.9 Å². The first-order valence-electron chi connectivity index (χ1n) is 7.29. The van der Waals surface area contributed by atoms with Crippen molar-refractivity contribution in [2.75, 3.05) is 13.1 Å². The maximum absolute atomic E-state index is 12.1. The van der Waals surface area contributed by atoms with Crippen LogP contribution in [0.25, 0.3) is 0 Å². The molecule has 5 nitrogen and oxygen atoms in total. The van der Waals surface area contributed by atoms with Gasteiger partial charge >= 0.3 is 6.09 Å². The van der Waals surface area contributed by atoms with E-state index in [2.05, 4.69) is 21.2 Å². The van der Waals surface area contributed by atoms with Gasteiger partial charge in [0.2, 0.25) is 0 Å². The number of carbonyl (C=O) groups excluding carboxylic acids is 1. The third-order valence-electron chi connectivity index (χ3n) is 3.27. The van der Waals surface area contributed by atoms with Crippen LogP contribution in [-0.4, -0.2) is 35.7 Å². The second-order valence-electron chi connectivity index (χ2n) is 6.35. The number of halogens is 1. The summed E-state index contributed by atoms with van der Waals surface area (Å²) < 4.78 is 11.6. The molecular weight excluding hydrogens is 336 g/mol. The van der Waals surface area contributed by atoms with Crippen LogP contribution in [0.4, 0.5) is 4.79 Å². The van der Waals surface area contributed by atoms with E-state index < -0.39 is 5.60 Å². The Morgan fingerprint density at radius 1 is 1.52 bits per heavy atom. The SMILES string of the molecule is CC(C)(C)OC(=O)N1CCCC(NCc2ccc(Br)o2)C1. The van der Waals surface area contributed by atoms with Gasteiger partial charge in [-0.2, -0.15) is 0 Å². The lowest BCUT2D eigenvalue weighted by molar-refractivity contribution is 0.0186. The Morgan fingerprint density at radius 3 is 2.90 bits per heavy atom. The number of rotatable bonds is 3. The molecule has 21 heavy (non-hydrogen) atoms. The van der Waals surface area contributed by atoms with Gasteiger partial charge in [0.25, 0.3) is 0 Å². The van der Waals surface area contributed by atoms with E-state index in [0.717, 1.165) is 29.8 Å². The summed E-state index contributed by atoms with van der Waals surface area (Å²) in [7, 11) is 0. The number of nitrogens with zero attached hydrogens (tertiary/aromatic N) is 1. The van der Waals surface area contributed by atoms with Gasteiger partial charge in [-0.05, 0) is 61.7 Å². The van der Waals surface area contributed by atoms with Crippen LogP contribution in [0, 0.1) is 0 Å². The van der Waals surface area contributed by atoms with Gasteiger partial charge in [-0.3, -0.25) is 0 Å². The molecule has 1 aliphatic heterocycles. The normalized spacial score (nSPS) is 19.6. The highest BCUT2D eigenvalue weighted by atomic mass is 79.9. The number of ether oxygens (including phenoxy) is 1. The average molecular weight is 359 g/mol. The van der Waals surface area contributed by atoms with Gasteiger partial charge in [0, 0.05) is 19.1 Å². The highest BCUT2D eigenvalue weighted by molar-refractivity contribution is 9.10. The highest BCUT2D eigenvalue weighted by Crippen LogP contribution is 2.17. The van der Waals surface area contributed by atoms with Crippen LogP contribution in [0.15, 0.2) is 21.2 Å². The number of likely N-dealkylation sites (tertiary alicyclic amines) is 1. The minimum Gasteiger partial charge on any atom is -0.453 e. The van der Waals surface area contributed by atoms with Gasteiger partial charge in [0.15, 0.2) is 4.67 Å². The van der Waals surface area contributed by atoms with Crippen LogP contribution in [0.1, 0.15) is 39.4 Å². The minimum atomic E-state index is -0.447. The van der Waals surface area contributed by atoms with Crippen molar-refractivity contribution in [2.45, 2.75) is 51.8 Å². The average Bonchev–Trinajstić information content (AvgIpc) is 2.81. The second kappa shape index (κ2) is 6.83. The van der Waals surface area contributed by atoms with E-state index in [-0.39, 0.29) is 12.1 Å². The molecule has 1 amide bonds. The zero-order valence-electron chi connectivity index (χ0n) is 12.8. The number of piperidine rings is 1. The molecule has 1 unspecified atom stereocenters. The van der Waals surface area contributed by atoms with Crippen LogP contribution >= 0.6 is 15.9 Å². The molecule has 0 radical (unpaired) electrons. The smallest absolute Gasteiger partial charge is 0.410 e. The van der Waals surface area contributed by atoms with E-state index in [9.17, 15) is 4.79 Å².